The minimum Gasteiger partial charge on any atom is -0.476 e. The fourth-order valence-electron chi connectivity index (χ4n) is 1.80. The van der Waals surface area contributed by atoms with Crippen LogP contribution in [0.3, 0.4) is 0 Å². The van der Waals surface area contributed by atoms with Crippen LogP contribution in [-0.4, -0.2) is 37.9 Å². The molecule has 17 heavy (non-hydrogen) atoms. The van der Waals surface area contributed by atoms with Crippen LogP contribution in [0.15, 0.2) is 12.3 Å². The van der Waals surface area contributed by atoms with E-state index in [4.69, 9.17) is 15.2 Å². The van der Waals surface area contributed by atoms with Crippen LogP contribution in [0.2, 0.25) is 0 Å². The van der Waals surface area contributed by atoms with Crippen LogP contribution in [0.5, 0.6) is 5.88 Å². The lowest BCUT2D eigenvalue weighted by atomic mass is 10.3. The quantitative estimate of drug-likeness (QED) is 0.855. The van der Waals surface area contributed by atoms with Gasteiger partial charge in [-0.2, -0.15) is 0 Å². The average Bonchev–Trinajstić information content (AvgIpc) is 2.38. The second-order valence-corrected chi connectivity index (χ2v) is 4.04. The Kier molecular flexibility index (Phi) is 4.03. The Morgan fingerprint density at radius 3 is 2.94 bits per heavy atom. The van der Waals surface area contributed by atoms with Gasteiger partial charge in [0.2, 0.25) is 5.88 Å². The molecule has 1 aromatic heterocycles. The molecule has 0 amide bonds. The van der Waals surface area contributed by atoms with Gasteiger partial charge < -0.3 is 20.1 Å². The van der Waals surface area contributed by atoms with E-state index in [1.807, 2.05) is 6.07 Å². The molecular weight excluding hydrogens is 218 g/mol. The van der Waals surface area contributed by atoms with E-state index in [1.165, 1.54) is 0 Å². The van der Waals surface area contributed by atoms with Gasteiger partial charge in [0.15, 0.2) is 0 Å². The fourth-order valence-corrected chi connectivity index (χ4v) is 1.80. The van der Waals surface area contributed by atoms with E-state index in [9.17, 15) is 0 Å². The van der Waals surface area contributed by atoms with Crippen molar-refractivity contribution in [2.24, 2.45) is 0 Å². The van der Waals surface area contributed by atoms with Crippen LogP contribution in [-0.2, 0) is 4.74 Å². The van der Waals surface area contributed by atoms with E-state index in [0.29, 0.717) is 18.2 Å². The summed E-state index contributed by atoms with van der Waals surface area (Å²) in [7, 11) is 0. The Hall–Kier alpha value is -1.49. The van der Waals surface area contributed by atoms with Crippen molar-refractivity contribution in [1.29, 1.82) is 0 Å². The molecule has 1 aliphatic heterocycles. The SMILES string of the molecule is CCCOc1ncc(N)cc1N1CCOCC1. The molecule has 0 radical (unpaired) electrons. The van der Waals surface area contributed by atoms with Crippen molar-refractivity contribution in [2.45, 2.75) is 13.3 Å². The molecule has 1 fully saturated rings. The second-order valence-electron chi connectivity index (χ2n) is 4.04. The second kappa shape index (κ2) is 5.72. The number of hydrogen-bond acceptors (Lipinski definition) is 5. The van der Waals surface area contributed by atoms with Gasteiger partial charge in [-0.05, 0) is 12.5 Å². The highest BCUT2D eigenvalue weighted by molar-refractivity contribution is 5.61. The summed E-state index contributed by atoms with van der Waals surface area (Å²) in [6, 6.07) is 1.92. The van der Waals surface area contributed by atoms with Crippen molar-refractivity contribution in [3.05, 3.63) is 12.3 Å². The molecule has 0 aromatic carbocycles. The Bertz CT molecular complexity index is 365. The molecule has 1 aliphatic rings. The number of aromatic nitrogens is 1. The molecule has 2 heterocycles. The van der Waals surface area contributed by atoms with Crippen LogP contribution in [0.4, 0.5) is 11.4 Å². The van der Waals surface area contributed by atoms with E-state index >= 15 is 0 Å². The van der Waals surface area contributed by atoms with Gasteiger partial charge in [0.1, 0.15) is 5.69 Å². The molecule has 2 rings (SSSR count). The van der Waals surface area contributed by atoms with Crippen LogP contribution in [0, 0.1) is 0 Å². The van der Waals surface area contributed by atoms with Crippen LogP contribution < -0.4 is 15.4 Å². The lowest BCUT2D eigenvalue weighted by Crippen LogP contribution is -2.36. The maximum Gasteiger partial charge on any atom is 0.237 e. The van der Waals surface area contributed by atoms with E-state index in [1.54, 1.807) is 6.20 Å². The predicted octanol–water partition coefficient (Wildman–Crippen LogP) is 1.29. The molecule has 5 heteroatoms. The number of rotatable bonds is 4. The normalized spacial score (nSPS) is 15.9. The number of morpholine rings is 1. The topological polar surface area (TPSA) is 60.6 Å². The number of nitrogens with zero attached hydrogens (tertiary/aromatic N) is 2. The highest BCUT2D eigenvalue weighted by Crippen LogP contribution is 2.28. The number of ether oxygens (including phenoxy) is 2. The molecule has 0 spiro atoms. The predicted molar refractivity (Wildman–Crippen MR) is 67.5 cm³/mol. The monoisotopic (exact) mass is 237 g/mol. The standard InChI is InChI=1S/C12H19N3O2/c1-2-5-17-12-11(8-10(13)9-14-12)15-3-6-16-7-4-15/h8-9H,2-7,13H2,1H3. The first-order valence-corrected chi connectivity index (χ1v) is 6.02. The Balaban J connectivity index is 2.19. The van der Waals surface area contributed by atoms with Crippen LogP contribution >= 0.6 is 0 Å². The van der Waals surface area contributed by atoms with Crippen molar-refractivity contribution < 1.29 is 9.47 Å². The lowest BCUT2D eigenvalue weighted by molar-refractivity contribution is 0.122. The first-order valence-electron chi connectivity index (χ1n) is 6.02. The highest BCUT2D eigenvalue weighted by Gasteiger charge is 2.17. The fraction of sp³-hybridized carbons (Fsp3) is 0.583. The first-order chi connectivity index (χ1) is 8.31. The zero-order valence-corrected chi connectivity index (χ0v) is 10.2. The maximum atomic E-state index is 5.79. The molecule has 1 aromatic rings. The number of nitrogen functional groups attached to an aromatic ring is 1. The van der Waals surface area contributed by atoms with E-state index < -0.39 is 0 Å². The van der Waals surface area contributed by atoms with Crippen molar-refractivity contribution in [3.63, 3.8) is 0 Å². The summed E-state index contributed by atoms with van der Waals surface area (Å²) in [6.45, 7) is 5.94. The van der Waals surface area contributed by atoms with Gasteiger partial charge in [0.05, 0.1) is 31.7 Å². The molecule has 0 atom stereocenters. The lowest BCUT2D eigenvalue weighted by Gasteiger charge is -2.29. The molecular formula is C12H19N3O2. The zero-order chi connectivity index (χ0) is 12.1. The Morgan fingerprint density at radius 2 is 2.24 bits per heavy atom. The van der Waals surface area contributed by atoms with Gasteiger partial charge in [-0.25, -0.2) is 4.98 Å². The molecule has 94 valence electrons. The zero-order valence-electron chi connectivity index (χ0n) is 10.2. The number of hydrogen-bond donors (Lipinski definition) is 1. The minimum atomic E-state index is 0.662. The summed E-state index contributed by atoms with van der Waals surface area (Å²) in [6.07, 6.45) is 2.60. The summed E-state index contributed by atoms with van der Waals surface area (Å²) in [5.41, 5.74) is 7.42. The summed E-state index contributed by atoms with van der Waals surface area (Å²) in [5, 5.41) is 0. The maximum absolute atomic E-state index is 5.79. The van der Waals surface area contributed by atoms with E-state index in [2.05, 4.69) is 16.8 Å². The summed E-state index contributed by atoms with van der Waals surface area (Å²) >= 11 is 0. The van der Waals surface area contributed by atoms with E-state index in [-0.39, 0.29) is 0 Å². The molecule has 0 aliphatic carbocycles. The van der Waals surface area contributed by atoms with Crippen LogP contribution in [0.25, 0.3) is 0 Å². The third kappa shape index (κ3) is 3.00. The van der Waals surface area contributed by atoms with Gasteiger partial charge in [-0.1, -0.05) is 6.92 Å². The third-order valence-electron chi connectivity index (χ3n) is 2.65. The molecule has 0 unspecified atom stereocenters. The van der Waals surface area contributed by atoms with Crippen molar-refractivity contribution >= 4 is 11.4 Å². The number of pyridine rings is 1. The highest BCUT2D eigenvalue weighted by atomic mass is 16.5. The van der Waals surface area contributed by atoms with Gasteiger partial charge in [-0.15, -0.1) is 0 Å². The number of nitrogens with two attached hydrogens (primary N) is 1. The largest absolute Gasteiger partial charge is 0.476 e. The molecule has 5 nitrogen and oxygen atoms in total. The summed E-state index contributed by atoms with van der Waals surface area (Å²) in [5.74, 6) is 0.669. The molecule has 0 bridgehead atoms. The minimum absolute atomic E-state index is 0.662. The van der Waals surface area contributed by atoms with Gasteiger partial charge in [0.25, 0.3) is 0 Å². The number of anilines is 2. The molecule has 2 N–H and O–H groups in total. The van der Waals surface area contributed by atoms with Gasteiger partial charge in [0, 0.05) is 13.1 Å². The molecule has 0 saturated carbocycles. The Morgan fingerprint density at radius 1 is 1.47 bits per heavy atom. The van der Waals surface area contributed by atoms with Crippen molar-refractivity contribution in [2.75, 3.05) is 43.5 Å². The van der Waals surface area contributed by atoms with Crippen LogP contribution in [0.1, 0.15) is 13.3 Å². The van der Waals surface area contributed by atoms with Crippen molar-refractivity contribution in [1.82, 2.24) is 4.98 Å². The van der Waals surface area contributed by atoms with Crippen molar-refractivity contribution in [3.8, 4) is 5.88 Å². The van der Waals surface area contributed by atoms with Gasteiger partial charge in [-0.3, -0.25) is 0 Å². The van der Waals surface area contributed by atoms with Gasteiger partial charge >= 0.3 is 0 Å². The smallest absolute Gasteiger partial charge is 0.237 e. The summed E-state index contributed by atoms with van der Waals surface area (Å²) in [4.78, 5) is 6.47. The van der Waals surface area contributed by atoms with E-state index in [0.717, 1.165) is 38.4 Å². The first kappa shape index (κ1) is 12.0. The summed E-state index contributed by atoms with van der Waals surface area (Å²) < 4.78 is 11.0. The Labute approximate surface area is 102 Å². The third-order valence-corrected chi connectivity index (χ3v) is 2.65. The average molecular weight is 237 g/mol. The molecule has 1 saturated heterocycles.